The quantitative estimate of drug-likeness (QED) is 0.404. The van der Waals surface area contributed by atoms with Crippen molar-refractivity contribution in [1.82, 2.24) is 14.8 Å². The average Bonchev–Trinajstić information content (AvgIpc) is 3.27. The number of nitrogens with one attached hydrogen (secondary N) is 2. The fraction of sp³-hybridized carbons (Fsp3) is 0.190. The standard InChI is InChI=1S/C21H22N6/c1-14(2)27-19(12-13-22-27)23-20-17-6-4-5-7-18(17)21(24-20)26-25-16-10-8-15(3)9-11-16/h4-14,23-24H,1-3H3. The van der Waals surface area contributed by atoms with Crippen LogP contribution < -0.4 is 5.32 Å². The maximum Gasteiger partial charge on any atom is 0.162 e. The van der Waals surface area contributed by atoms with Gasteiger partial charge in [-0.3, -0.25) is 0 Å². The number of hydrogen-bond acceptors (Lipinski definition) is 4. The Morgan fingerprint density at radius 2 is 1.70 bits per heavy atom. The maximum atomic E-state index is 4.45. The third-order valence-electron chi connectivity index (χ3n) is 4.41. The fourth-order valence-corrected chi connectivity index (χ4v) is 3.01. The van der Waals surface area contributed by atoms with E-state index in [1.54, 1.807) is 6.20 Å². The summed E-state index contributed by atoms with van der Waals surface area (Å²) in [6, 6.07) is 18.3. The molecule has 0 atom stereocenters. The van der Waals surface area contributed by atoms with E-state index in [2.05, 4.69) is 52.5 Å². The number of fused-ring (bicyclic) bond motifs is 1. The van der Waals surface area contributed by atoms with Gasteiger partial charge in [-0.25, -0.2) is 4.68 Å². The lowest BCUT2D eigenvalue weighted by Crippen LogP contribution is -2.07. The van der Waals surface area contributed by atoms with Crippen molar-refractivity contribution in [2.45, 2.75) is 26.8 Å². The molecule has 2 N–H and O–H groups in total. The third kappa shape index (κ3) is 3.46. The minimum absolute atomic E-state index is 0.268. The number of azo groups is 1. The number of aromatic amines is 1. The van der Waals surface area contributed by atoms with E-state index in [0.717, 1.165) is 33.9 Å². The van der Waals surface area contributed by atoms with Gasteiger partial charge in [0.25, 0.3) is 0 Å². The Hall–Kier alpha value is -3.41. The van der Waals surface area contributed by atoms with Crippen molar-refractivity contribution in [1.29, 1.82) is 0 Å². The van der Waals surface area contributed by atoms with Crippen LogP contribution in [0.3, 0.4) is 0 Å². The molecule has 0 aliphatic heterocycles. The molecule has 0 aliphatic rings. The van der Waals surface area contributed by atoms with Crippen LogP contribution in [0.2, 0.25) is 0 Å². The molecule has 0 fully saturated rings. The number of hydrogen-bond donors (Lipinski definition) is 2. The van der Waals surface area contributed by atoms with Crippen LogP contribution in [0.1, 0.15) is 25.5 Å². The van der Waals surface area contributed by atoms with Crippen molar-refractivity contribution in [2.75, 3.05) is 5.32 Å². The molecule has 0 unspecified atom stereocenters. The number of aryl methyl sites for hydroxylation is 1. The molecule has 136 valence electrons. The van der Waals surface area contributed by atoms with Crippen molar-refractivity contribution < 1.29 is 0 Å². The molecule has 0 amide bonds. The minimum Gasteiger partial charge on any atom is -0.326 e. The zero-order valence-corrected chi connectivity index (χ0v) is 15.6. The Labute approximate surface area is 158 Å². The van der Waals surface area contributed by atoms with Gasteiger partial charge < -0.3 is 10.3 Å². The summed E-state index contributed by atoms with van der Waals surface area (Å²) in [6.07, 6.45) is 1.80. The van der Waals surface area contributed by atoms with E-state index in [0.29, 0.717) is 0 Å². The minimum atomic E-state index is 0.268. The molecular formula is C21H22N6. The van der Waals surface area contributed by atoms with Crippen molar-refractivity contribution >= 4 is 33.9 Å². The Bertz CT molecular complexity index is 1090. The molecule has 0 saturated carbocycles. The van der Waals surface area contributed by atoms with Gasteiger partial charge in [0.2, 0.25) is 0 Å². The molecule has 0 radical (unpaired) electrons. The lowest BCUT2D eigenvalue weighted by Gasteiger charge is -2.11. The van der Waals surface area contributed by atoms with Gasteiger partial charge in [0.05, 0.1) is 11.9 Å². The van der Waals surface area contributed by atoms with Crippen LogP contribution >= 0.6 is 0 Å². The molecule has 6 nitrogen and oxygen atoms in total. The maximum absolute atomic E-state index is 4.45. The first-order valence-corrected chi connectivity index (χ1v) is 9.01. The first-order chi connectivity index (χ1) is 13.1. The lowest BCUT2D eigenvalue weighted by atomic mass is 10.2. The Morgan fingerprint density at radius 3 is 2.44 bits per heavy atom. The summed E-state index contributed by atoms with van der Waals surface area (Å²) in [5.41, 5.74) is 2.03. The molecule has 2 heterocycles. The summed E-state index contributed by atoms with van der Waals surface area (Å²) in [6.45, 7) is 6.26. The second-order valence-electron chi connectivity index (χ2n) is 6.81. The monoisotopic (exact) mass is 358 g/mol. The molecule has 0 bridgehead atoms. The molecule has 4 aromatic rings. The number of nitrogens with zero attached hydrogens (tertiary/aromatic N) is 4. The van der Waals surface area contributed by atoms with Gasteiger partial charge in [-0.2, -0.15) is 5.10 Å². The van der Waals surface area contributed by atoms with Gasteiger partial charge in [-0.1, -0.05) is 42.0 Å². The summed E-state index contributed by atoms with van der Waals surface area (Å²) in [7, 11) is 0. The molecule has 0 spiro atoms. The number of benzene rings is 2. The summed E-state index contributed by atoms with van der Waals surface area (Å²) in [5, 5.41) is 18.7. The van der Waals surface area contributed by atoms with Crippen LogP contribution in [0.15, 0.2) is 71.0 Å². The Balaban J connectivity index is 1.70. The predicted octanol–water partition coefficient (Wildman–Crippen LogP) is 6.41. The predicted molar refractivity (Wildman–Crippen MR) is 110 cm³/mol. The van der Waals surface area contributed by atoms with E-state index < -0.39 is 0 Å². The van der Waals surface area contributed by atoms with Crippen LogP contribution in [0, 0.1) is 6.92 Å². The highest BCUT2D eigenvalue weighted by Gasteiger charge is 2.12. The lowest BCUT2D eigenvalue weighted by molar-refractivity contribution is 0.540. The summed E-state index contributed by atoms with van der Waals surface area (Å²) < 4.78 is 1.95. The largest absolute Gasteiger partial charge is 0.326 e. The Kier molecular flexibility index (Phi) is 4.46. The van der Waals surface area contributed by atoms with Crippen LogP contribution in [-0.2, 0) is 0 Å². The Morgan fingerprint density at radius 1 is 0.963 bits per heavy atom. The van der Waals surface area contributed by atoms with Crippen molar-refractivity contribution in [3.63, 3.8) is 0 Å². The smallest absolute Gasteiger partial charge is 0.162 e. The van der Waals surface area contributed by atoms with E-state index in [4.69, 9.17) is 0 Å². The van der Waals surface area contributed by atoms with Crippen LogP contribution in [0.25, 0.3) is 10.8 Å². The first kappa shape index (κ1) is 17.0. The summed E-state index contributed by atoms with van der Waals surface area (Å²) in [5.74, 6) is 2.54. The summed E-state index contributed by atoms with van der Waals surface area (Å²) in [4.78, 5) is 3.36. The van der Waals surface area contributed by atoms with Crippen LogP contribution in [-0.4, -0.2) is 14.8 Å². The van der Waals surface area contributed by atoms with Crippen molar-refractivity contribution in [3.8, 4) is 0 Å². The van der Waals surface area contributed by atoms with Crippen LogP contribution in [0.5, 0.6) is 0 Å². The van der Waals surface area contributed by atoms with E-state index in [1.807, 2.05) is 53.2 Å². The molecule has 0 aliphatic carbocycles. The number of aromatic nitrogens is 3. The number of anilines is 2. The fourth-order valence-electron chi connectivity index (χ4n) is 3.01. The highest BCUT2D eigenvalue weighted by atomic mass is 15.3. The third-order valence-corrected chi connectivity index (χ3v) is 4.41. The second-order valence-corrected chi connectivity index (χ2v) is 6.81. The van der Waals surface area contributed by atoms with E-state index >= 15 is 0 Å². The van der Waals surface area contributed by atoms with Crippen molar-refractivity contribution in [2.24, 2.45) is 10.2 Å². The van der Waals surface area contributed by atoms with E-state index in [1.165, 1.54) is 5.56 Å². The van der Waals surface area contributed by atoms with Gasteiger partial charge in [0.1, 0.15) is 11.6 Å². The van der Waals surface area contributed by atoms with Gasteiger partial charge in [-0.05, 0) is 32.9 Å². The topological polar surface area (TPSA) is 70.4 Å². The van der Waals surface area contributed by atoms with Gasteiger partial charge in [0.15, 0.2) is 5.82 Å². The van der Waals surface area contributed by atoms with Crippen molar-refractivity contribution in [3.05, 3.63) is 66.4 Å². The SMILES string of the molecule is Cc1ccc(N=Nc2[nH]c(Nc3ccnn3C(C)C)c3ccccc23)cc1. The molecule has 27 heavy (non-hydrogen) atoms. The zero-order chi connectivity index (χ0) is 18.8. The molecule has 2 aromatic heterocycles. The van der Waals surface area contributed by atoms with Gasteiger partial charge in [0, 0.05) is 22.9 Å². The molecule has 6 heteroatoms. The number of rotatable bonds is 5. The first-order valence-electron chi connectivity index (χ1n) is 9.01. The van der Waals surface area contributed by atoms with E-state index in [-0.39, 0.29) is 6.04 Å². The highest BCUT2D eigenvalue weighted by Crippen LogP contribution is 2.34. The van der Waals surface area contributed by atoms with Gasteiger partial charge in [-0.15, -0.1) is 10.2 Å². The highest BCUT2D eigenvalue weighted by molar-refractivity contribution is 6.01. The number of H-pyrrole nitrogens is 1. The van der Waals surface area contributed by atoms with E-state index in [9.17, 15) is 0 Å². The molecule has 0 saturated heterocycles. The molecular weight excluding hydrogens is 336 g/mol. The molecule has 2 aromatic carbocycles. The average molecular weight is 358 g/mol. The molecule has 4 rings (SSSR count). The normalized spacial score (nSPS) is 11.7. The van der Waals surface area contributed by atoms with Gasteiger partial charge >= 0.3 is 0 Å². The zero-order valence-electron chi connectivity index (χ0n) is 15.6. The summed E-state index contributed by atoms with van der Waals surface area (Å²) >= 11 is 0. The second kappa shape index (κ2) is 7.07. The van der Waals surface area contributed by atoms with Crippen LogP contribution in [0.4, 0.5) is 23.1 Å².